The second-order valence-electron chi connectivity index (χ2n) is 3.28. The Balaban J connectivity index is 2.06. The minimum atomic E-state index is -0.173. The number of carbonyl (C=O) groups is 1. The first-order valence-electron chi connectivity index (χ1n) is 5.15. The second-order valence-corrected chi connectivity index (χ2v) is 4.31. The molecule has 3 N–H and O–H groups in total. The molecule has 2 aromatic rings. The van der Waals surface area contributed by atoms with Crippen molar-refractivity contribution in [3.63, 3.8) is 0 Å². The predicted molar refractivity (Wildman–Crippen MR) is 67.9 cm³/mol. The zero-order chi connectivity index (χ0) is 12.1. The number of rotatable bonds is 4. The summed E-state index contributed by atoms with van der Waals surface area (Å²) >= 11 is 1.36. The molecule has 0 bridgehead atoms. The maximum Gasteiger partial charge on any atom is 0.280 e. The number of pyridine rings is 1. The molecule has 0 unspecified atom stereocenters. The molecular weight excluding hydrogens is 236 g/mol. The molecule has 0 aliphatic heterocycles. The Morgan fingerprint density at radius 3 is 3.18 bits per heavy atom. The minimum Gasteiger partial charge on any atom is -0.347 e. The summed E-state index contributed by atoms with van der Waals surface area (Å²) < 4.78 is 0.961. The molecule has 6 heteroatoms. The lowest BCUT2D eigenvalue weighted by Gasteiger charge is -1.96. The first-order valence-corrected chi connectivity index (χ1v) is 5.96. The monoisotopic (exact) mass is 248 g/mol. The van der Waals surface area contributed by atoms with Crippen molar-refractivity contribution in [2.45, 2.75) is 0 Å². The highest BCUT2D eigenvalue weighted by molar-refractivity contribution is 7.20. The van der Waals surface area contributed by atoms with Crippen LogP contribution < -0.4 is 11.1 Å². The summed E-state index contributed by atoms with van der Waals surface area (Å²) in [7, 11) is 0. The van der Waals surface area contributed by atoms with Gasteiger partial charge in [0.1, 0.15) is 5.52 Å². The molecule has 5 nitrogen and oxygen atoms in total. The summed E-state index contributed by atoms with van der Waals surface area (Å²) in [5.74, 6) is -0.173. The fraction of sp³-hybridized carbons (Fsp3) is 0.182. The lowest BCUT2D eigenvalue weighted by atomic mass is 10.4. The first-order chi connectivity index (χ1) is 8.31. The molecule has 0 saturated carbocycles. The van der Waals surface area contributed by atoms with E-state index in [2.05, 4.69) is 15.3 Å². The minimum absolute atomic E-state index is 0.173. The zero-order valence-electron chi connectivity index (χ0n) is 9.09. The van der Waals surface area contributed by atoms with Gasteiger partial charge < -0.3 is 11.1 Å². The van der Waals surface area contributed by atoms with Crippen LogP contribution in [0.15, 0.2) is 30.6 Å². The average Bonchev–Trinajstić information content (AvgIpc) is 2.78. The van der Waals surface area contributed by atoms with Crippen molar-refractivity contribution >= 4 is 27.5 Å². The highest BCUT2D eigenvalue weighted by atomic mass is 32.1. The maximum atomic E-state index is 11.7. The molecule has 2 rings (SSSR count). The number of nitrogens with zero attached hydrogens (tertiary/aromatic N) is 2. The number of nitrogens with one attached hydrogen (secondary N) is 1. The Hall–Kier alpha value is -1.79. The lowest BCUT2D eigenvalue weighted by molar-refractivity contribution is 0.0958. The fourth-order valence-corrected chi connectivity index (χ4v) is 2.13. The van der Waals surface area contributed by atoms with E-state index in [0.717, 1.165) is 10.2 Å². The maximum absolute atomic E-state index is 11.7. The molecular formula is C11H12N4OS. The number of amides is 1. The van der Waals surface area contributed by atoms with Crippen molar-refractivity contribution in [1.29, 1.82) is 0 Å². The van der Waals surface area contributed by atoms with Crippen molar-refractivity contribution in [3.8, 4) is 0 Å². The molecule has 0 aliphatic carbocycles. The van der Waals surface area contributed by atoms with E-state index in [4.69, 9.17) is 5.73 Å². The molecule has 0 fully saturated rings. The molecule has 88 valence electrons. The van der Waals surface area contributed by atoms with Gasteiger partial charge in [-0.15, -0.1) is 11.3 Å². The largest absolute Gasteiger partial charge is 0.347 e. The summed E-state index contributed by atoms with van der Waals surface area (Å²) in [5, 5.41) is 3.19. The van der Waals surface area contributed by atoms with Crippen molar-refractivity contribution in [2.24, 2.45) is 5.73 Å². The van der Waals surface area contributed by atoms with E-state index < -0.39 is 0 Å². The SMILES string of the molecule is NC/C=C/CNC(=O)c1nc2cnccc2s1. The molecule has 0 saturated heterocycles. The molecule has 2 aromatic heterocycles. The number of nitrogens with two attached hydrogens (primary N) is 1. The highest BCUT2D eigenvalue weighted by Crippen LogP contribution is 2.20. The van der Waals surface area contributed by atoms with E-state index in [-0.39, 0.29) is 5.91 Å². The molecule has 0 radical (unpaired) electrons. The van der Waals surface area contributed by atoms with Gasteiger partial charge in [0, 0.05) is 19.3 Å². The third-order valence-electron chi connectivity index (χ3n) is 2.07. The Bertz CT molecular complexity index is 516. The van der Waals surface area contributed by atoms with Crippen LogP contribution in [0, 0.1) is 0 Å². The summed E-state index contributed by atoms with van der Waals surface area (Å²) in [5.41, 5.74) is 6.04. The zero-order valence-corrected chi connectivity index (χ0v) is 9.91. The topological polar surface area (TPSA) is 80.9 Å². The Labute approximate surface area is 102 Å². The summed E-state index contributed by atoms with van der Waals surface area (Å²) in [6.07, 6.45) is 6.94. The van der Waals surface area contributed by atoms with E-state index in [1.165, 1.54) is 11.3 Å². The molecule has 1 amide bonds. The van der Waals surface area contributed by atoms with Gasteiger partial charge in [-0.1, -0.05) is 12.2 Å². The van der Waals surface area contributed by atoms with Gasteiger partial charge in [-0.25, -0.2) is 4.98 Å². The number of carbonyl (C=O) groups excluding carboxylic acids is 1. The van der Waals surface area contributed by atoms with Crippen LogP contribution in [0.3, 0.4) is 0 Å². The standard InChI is InChI=1S/C11H12N4OS/c12-4-1-2-5-14-10(16)11-15-8-7-13-6-3-9(8)17-11/h1-3,6-7H,4-5,12H2,(H,14,16)/b2-1+. The van der Waals surface area contributed by atoms with Gasteiger partial charge in [-0.2, -0.15) is 0 Å². The van der Waals surface area contributed by atoms with Gasteiger partial charge in [0.25, 0.3) is 5.91 Å². The Morgan fingerprint density at radius 1 is 1.53 bits per heavy atom. The van der Waals surface area contributed by atoms with Crippen LogP contribution in [0.4, 0.5) is 0 Å². The number of fused-ring (bicyclic) bond motifs is 1. The molecule has 0 spiro atoms. The van der Waals surface area contributed by atoms with Crippen LogP contribution in [-0.4, -0.2) is 29.0 Å². The molecule has 0 atom stereocenters. The van der Waals surface area contributed by atoms with Crippen LogP contribution in [0.5, 0.6) is 0 Å². The van der Waals surface area contributed by atoms with Crippen LogP contribution in [0.1, 0.15) is 9.80 Å². The number of hydrogen-bond donors (Lipinski definition) is 2. The molecule has 0 aromatic carbocycles. The fourth-order valence-electron chi connectivity index (χ4n) is 1.28. The van der Waals surface area contributed by atoms with Crippen molar-refractivity contribution < 1.29 is 4.79 Å². The van der Waals surface area contributed by atoms with Crippen LogP contribution in [0.2, 0.25) is 0 Å². The third kappa shape index (κ3) is 2.86. The van der Waals surface area contributed by atoms with E-state index in [1.807, 2.05) is 12.1 Å². The van der Waals surface area contributed by atoms with Gasteiger partial charge in [-0.05, 0) is 6.07 Å². The smallest absolute Gasteiger partial charge is 0.280 e. The lowest BCUT2D eigenvalue weighted by Crippen LogP contribution is -2.23. The predicted octanol–water partition coefficient (Wildman–Crippen LogP) is 0.936. The average molecular weight is 248 g/mol. The van der Waals surface area contributed by atoms with Crippen molar-refractivity contribution in [3.05, 3.63) is 35.6 Å². The Kier molecular flexibility index (Phi) is 3.79. The second kappa shape index (κ2) is 5.51. The summed E-state index contributed by atoms with van der Waals surface area (Å²) in [6.45, 7) is 0.937. The van der Waals surface area contributed by atoms with Gasteiger partial charge >= 0.3 is 0 Å². The van der Waals surface area contributed by atoms with Gasteiger partial charge in [0.2, 0.25) is 0 Å². The van der Waals surface area contributed by atoms with E-state index in [9.17, 15) is 4.79 Å². The van der Waals surface area contributed by atoms with E-state index in [0.29, 0.717) is 18.1 Å². The quantitative estimate of drug-likeness (QED) is 0.789. The summed E-state index contributed by atoms with van der Waals surface area (Å²) in [4.78, 5) is 19.9. The van der Waals surface area contributed by atoms with E-state index >= 15 is 0 Å². The number of aromatic nitrogens is 2. The first kappa shape index (κ1) is 11.7. The third-order valence-corrected chi connectivity index (χ3v) is 3.10. The number of hydrogen-bond acceptors (Lipinski definition) is 5. The number of thiazole rings is 1. The van der Waals surface area contributed by atoms with Gasteiger partial charge in [0.15, 0.2) is 5.01 Å². The van der Waals surface area contributed by atoms with Crippen LogP contribution in [0.25, 0.3) is 10.2 Å². The normalized spacial score (nSPS) is 11.1. The summed E-state index contributed by atoms with van der Waals surface area (Å²) in [6, 6.07) is 1.85. The highest BCUT2D eigenvalue weighted by Gasteiger charge is 2.10. The van der Waals surface area contributed by atoms with E-state index in [1.54, 1.807) is 18.5 Å². The van der Waals surface area contributed by atoms with Crippen molar-refractivity contribution in [2.75, 3.05) is 13.1 Å². The van der Waals surface area contributed by atoms with Gasteiger partial charge in [-0.3, -0.25) is 9.78 Å². The molecule has 17 heavy (non-hydrogen) atoms. The molecule has 2 heterocycles. The van der Waals surface area contributed by atoms with Crippen LogP contribution in [-0.2, 0) is 0 Å². The van der Waals surface area contributed by atoms with Gasteiger partial charge in [0.05, 0.1) is 10.9 Å². The van der Waals surface area contributed by atoms with Crippen molar-refractivity contribution in [1.82, 2.24) is 15.3 Å². The van der Waals surface area contributed by atoms with Crippen LogP contribution >= 0.6 is 11.3 Å². The Morgan fingerprint density at radius 2 is 2.41 bits per heavy atom. The molecule has 0 aliphatic rings.